The SMILES string of the molecule is CN1CCC(CCNC(=O)C2(CN)CC2)CC1. The third kappa shape index (κ3) is 3.19. The molecule has 4 nitrogen and oxygen atoms in total. The average Bonchev–Trinajstić information content (AvgIpc) is 3.12. The zero-order chi connectivity index (χ0) is 12.3. The van der Waals surface area contributed by atoms with Crippen LogP contribution in [0.15, 0.2) is 0 Å². The van der Waals surface area contributed by atoms with E-state index >= 15 is 0 Å². The van der Waals surface area contributed by atoms with Crippen molar-refractivity contribution < 1.29 is 4.79 Å². The molecule has 0 atom stereocenters. The molecule has 2 aliphatic rings. The van der Waals surface area contributed by atoms with Crippen LogP contribution in [0.5, 0.6) is 0 Å². The van der Waals surface area contributed by atoms with Crippen molar-refractivity contribution in [1.82, 2.24) is 10.2 Å². The number of carbonyl (C=O) groups is 1. The van der Waals surface area contributed by atoms with Gasteiger partial charge in [-0.25, -0.2) is 0 Å². The maximum absolute atomic E-state index is 11.9. The molecular weight excluding hydrogens is 214 g/mol. The number of nitrogens with two attached hydrogens (primary N) is 1. The largest absolute Gasteiger partial charge is 0.356 e. The predicted molar refractivity (Wildman–Crippen MR) is 68.6 cm³/mol. The van der Waals surface area contributed by atoms with E-state index in [4.69, 9.17) is 5.73 Å². The number of amides is 1. The van der Waals surface area contributed by atoms with Crippen LogP contribution < -0.4 is 11.1 Å². The van der Waals surface area contributed by atoms with Gasteiger partial charge in [0.15, 0.2) is 0 Å². The van der Waals surface area contributed by atoms with Crippen molar-refractivity contribution in [1.29, 1.82) is 0 Å². The molecule has 0 unspecified atom stereocenters. The van der Waals surface area contributed by atoms with E-state index in [1.807, 2.05) is 0 Å². The molecule has 1 aliphatic carbocycles. The van der Waals surface area contributed by atoms with Gasteiger partial charge in [0, 0.05) is 13.1 Å². The molecule has 3 N–H and O–H groups in total. The molecule has 1 aliphatic heterocycles. The van der Waals surface area contributed by atoms with Gasteiger partial charge in [0.2, 0.25) is 5.91 Å². The minimum absolute atomic E-state index is 0.188. The minimum Gasteiger partial charge on any atom is -0.356 e. The summed E-state index contributed by atoms with van der Waals surface area (Å²) in [4.78, 5) is 14.2. The van der Waals surface area contributed by atoms with Gasteiger partial charge in [-0.15, -0.1) is 0 Å². The molecule has 0 bridgehead atoms. The Balaban J connectivity index is 1.61. The molecule has 0 aromatic rings. The molecule has 0 aromatic heterocycles. The number of carbonyl (C=O) groups excluding carboxylic acids is 1. The minimum atomic E-state index is -0.188. The molecule has 0 spiro atoms. The first kappa shape index (κ1) is 12.8. The second-order valence-electron chi connectivity index (χ2n) is 5.78. The van der Waals surface area contributed by atoms with Crippen molar-refractivity contribution in [3.8, 4) is 0 Å². The summed E-state index contributed by atoms with van der Waals surface area (Å²) < 4.78 is 0. The number of hydrogen-bond donors (Lipinski definition) is 2. The summed E-state index contributed by atoms with van der Waals surface area (Å²) in [5, 5.41) is 3.06. The molecule has 1 heterocycles. The van der Waals surface area contributed by atoms with Crippen molar-refractivity contribution in [2.24, 2.45) is 17.1 Å². The summed E-state index contributed by atoms with van der Waals surface area (Å²) in [7, 11) is 2.18. The fourth-order valence-corrected chi connectivity index (χ4v) is 2.60. The zero-order valence-corrected chi connectivity index (χ0v) is 10.9. The van der Waals surface area contributed by atoms with Crippen molar-refractivity contribution in [2.75, 3.05) is 33.2 Å². The van der Waals surface area contributed by atoms with Gasteiger partial charge in [-0.05, 0) is 58.2 Å². The van der Waals surface area contributed by atoms with E-state index in [1.54, 1.807) is 0 Å². The second-order valence-corrected chi connectivity index (χ2v) is 5.78. The van der Waals surface area contributed by atoms with Crippen LogP contribution in [0.1, 0.15) is 32.1 Å². The molecule has 2 rings (SSSR count). The molecule has 98 valence electrons. The van der Waals surface area contributed by atoms with Crippen LogP contribution >= 0.6 is 0 Å². The highest BCUT2D eigenvalue weighted by Gasteiger charge is 2.48. The van der Waals surface area contributed by atoms with Gasteiger partial charge in [-0.1, -0.05) is 0 Å². The molecule has 1 saturated heterocycles. The summed E-state index contributed by atoms with van der Waals surface area (Å²) >= 11 is 0. The predicted octanol–water partition coefficient (Wildman–Crippen LogP) is 0.573. The van der Waals surface area contributed by atoms with Crippen LogP contribution in [-0.2, 0) is 4.79 Å². The Hall–Kier alpha value is -0.610. The molecule has 1 saturated carbocycles. The lowest BCUT2D eigenvalue weighted by Crippen LogP contribution is -2.38. The van der Waals surface area contributed by atoms with Crippen LogP contribution in [0, 0.1) is 11.3 Å². The summed E-state index contributed by atoms with van der Waals surface area (Å²) in [5.74, 6) is 0.979. The maximum Gasteiger partial charge on any atom is 0.227 e. The molecule has 17 heavy (non-hydrogen) atoms. The van der Waals surface area contributed by atoms with E-state index in [9.17, 15) is 4.79 Å². The van der Waals surface area contributed by atoms with Gasteiger partial charge in [0.1, 0.15) is 0 Å². The van der Waals surface area contributed by atoms with Gasteiger partial charge in [0.05, 0.1) is 5.41 Å². The average molecular weight is 239 g/mol. The maximum atomic E-state index is 11.9. The van der Waals surface area contributed by atoms with E-state index in [0.29, 0.717) is 6.54 Å². The van der Waals surface area contributed by atoms with Gasteiger partial charge >= 0.3 is 0 Å². The van der Waals surface area contributed by atoms with Crippen LogP contribution in [0.3, 0.4) is 0 Å². The normalized spacial score (nSPS) is 24.6. The van der Waals surface area contributed by atoms with Crippen LogP contribution in [-0.4, -0.2) is 44.0 Å². The molecule has 0 aromatic carbocycles. The molecule has 0 radical (unpaired) electrons. The van der Waals surface area contributed by atoms with Crippen LogP contribution in [0.25, 0.3) is 0 Å². The van der Waals surface area contributed by atoms with Gasteiger partial charge < -0.3 is 16.0 Å². The van der Waals surface area contributed by atoms with Gasteiger partial charge in [0.25, 0.3) is 0 Å². The third-order valence-corrected chi connectivity index (χ3v) is 4.40. The smallest absolute Gasteiger partial charge is 0.227 e. The third-order valence-electron chi connectivity index (χ3n) is 4.40. The molecule has 2 fully saturated rings. The van der Waals surface area contributed by atoms with E-state index in [2.05, 4.69) is 17.3 Å². The topological polar surface area (TPSA) is 58.4 Å². The van der Waals surface area contributed by atoms with Crippen LogP contribution in [0.4, 0.5) is 0 Å². The number of nitrogens with one attached hydrogen (secondary N) is 1. The first-order valence-electron chi connectivity index (χ1n) is 6.83. The zero-order valence-electron chi connectivity index (χ0n) is 10.9. The second kappa shape index (κ2) is 5.36. The van der Waals surface area contributed by atoms with Crippen LogP contribution in [0.2, 0.25) is 0 Å². The highest BCUT2D eigenvalue weighted by molar-refractivity contribution is 5.85. The van der Waals surface area contributed by atoms with Gasteiger partial charge in [-0.2, -0.15) is 0 Å². The van der Waals surface area contributed by atoms with E-state index in [0.717, 1.165) is 31.7 Å². The Labute approximate surface area is 104 Å². The fraction of sp³-hybridized carbons (Fsp3) is 0.923. The van der Waals surface area contributed by atoms with Crippen molar-refractivity contribution >= 4 is 5.91 Å². The summed E-state index contributed by atoms with van der Waals surface area (Å²) in [6, 6.07) is 0. The first-order valence-corrected chi connectivity index (χ1v) is 6.83. The number of rotatable bonds is 5. The summed E-state index contributed by atoms with van der Waals surface area (Å²) in [6.07, 6.45) is 5.62. The lowest BCUT2D eigenvalue weighted by atomic mass is 9.94. The number of piperidine rings is 1. The fourth-order valence-electron chi connectivity index (χ4n) is 2.60. The molecular formula is C13H25N3O. The lowest BCUT2D eigenvalue weighted by molar-refractivity contribution is -0.126. The molecule has 4 heteroatoms. The quantitative estimate of drug-likeness (QED) is 0.737. The highest BCUT2D eigenvalue weighted by Crippen LogP contribution is 2.44. The summed E-state index contributed by atoms with van der Waals surface area (Å²) in [5.41, 5.74) is 5.45. The van der Waals surface area contributed by atoms with E-state index in [-0.39, 0.29) is 11.3 Å². The van der Waals surface area contributed by atoms with Crippen molar-refractivity contribution in [3.63, 3.8) is 0 Å². The number of nitrogens with zero attached hydrogens (tertiary/aromatic N) is 1. The van der Waals surface area contributed by atoms with Crippen molar-refractivity contribution in [3.05, 3.63) is 0 Å². The number of hydrogen-bond acceptors (Lipinski definition) is 3. The number of likely N-dealkylation sites (tertiary alicyclic amines) is 1. The Kier molecular flexibility index (Phi) is 4.05. The van der Waals surface area contributed by atoms with E-state index < -0.39 is 0 Å². The van der Waals surface area contributed by atoms with Gasteiger partial charge in [-0.3, -0.25) is 4.79 Å². The Bertz CT molecular complexity index is 268. The van der Waals surface area contributed by atoms with Crippen molar-refractivity contribution in [2.45, 2.75) is 32.1 Å². The summed E-state index contributed by atoms with van der Waals surface area (Å²) in [6.45, 7) is 3.73. The highest BCUT2D eigenvalue weighted by atomic mass is 16.2. The Morgan fingerprint density at radius 1 is 1.41 bits per heavy atom. The Morgan fingerprint density at radius 2 is 2.06 bits per heavy atom. The first-order chi connectivity index (χ1) is 8.16. The Morgan fingerprint density at radius 3 is 2.59 bits per heavy atom. The van der Waals surface area contributed by atoms with E-state index in [1.165, 1.54) is 25.9 Å². The molecule has 1 amide bonds. The lowest BCUT2D eigenvalue weighted by Gasteiger charge is -2.29. The standard InChI is InChI=1S/C13H25N3O/c1-16-8-3-11(4-9-16)2-7-15-12(17)13(10-14)5-6-13/h11H,2-10,14H2,1H3,(H,15,17). The monoisotopic (exact) mass is 239 g/mol.